The number of hydrogen-bond donors (Lipinski definition) is 1. The monoisotopic (exact) mass is 283 g/mol. The van der Waals surface area contributed by atoms with E-state index in [1.54, 1.807) is 12.1 Å². The second-order valence-corrected chi connectivity index (χ2v) is 5.50. The highest BCUT2D eigenvalue weighted by Crippen LogP contribution is 2.17. The van der Waals surface area contributed by atoms with Gasteiger partial charge in [-0.05, 0) is 36.5 Å². The van der Waals surface area contributed by atoms with E-state index in [0.717, 1.165) is 37.4 Å². The van der Waals surface area contributed by atoms with E-state index in [1.165, 1.54) is 6.07 Å². The van der Waals surface area contributed by atoms with Crippen LogP contribution in [0.3, 0.4) is 0 Å². The van der Waals surface area contributed by atoms with E-state index in [4.69, 9.17) is 17.3 Å². The molecule has 1 aromatic rings. The van der Waals surface area contributed by atoms with Gasteiger partial charge < -0.3 is 10.6 Å². The van der Waals surface area contributed by atoms with Crippen molar-refractivity contribution >= 4 is 17.6 Å². The van der Waals surface area contributed by atoms with Crippen molar-refractivity contribution in [2.45, 2.75) is 26.3 Å². The maximum Gasteiger partial charge on any atom is 0.191 e. The molecule has 1 aromatic carbocycles. The standard InChI is InChI=1S/C14H19ClFN3/c1-10-4-6-19(7-5-10)14(17)18-9-11-2-3-13(16)12(15)8-11/h2-3,8,10H,4-7,9H2,1H3,(H2,17,18). The highest BCUT2D eigenvalue weighted by atomic mass is 35.5. The first kappa shape index (κ1) is 14.1. The van der Waals surface area contributed by atoms with Crippen LogP contribution in [0.2, 0.25) is 5.02 Å². The second-order valence-electron chi connectivity index (χ2n) is 5.09. The third kappa shape index (κ3) is 3.83. The van der Waals surface area contributed by atoms with Crippen LogP contribution in [0.25, 0.3) is 0 Å². The van der Waals surface area contributed by atoms with Crippen LogP contribution in [0.5, 0.6) is 0 Å². The molecule has 3 nitrogen and oxygen atoms in total. The lowest BCUT2D eigenvalue weighted by atomic mass is 10.00. The first-order valence-electron chi connectivity index (χ1n) is 6.55. The Hall–Kier alpha value is -1.29. The van der Waals surface area contributed by atoms with Gasteiger partial charge in [-0.25, -0.2) is 9.38 Å². The Morgan fingerprint density at radius 2 is 2.16 bits per heavy atom. The first-order valence-corrected chi connectivity index (χ1v) is 6.93. The van der Waals surface area contributed by atoms with Crippen LogP contribution < -0.4 is 5.73 Å². The Kier molecular flexibility index (Phi) is 4.64. The van der Waals surface area contributed by atoms with Gasteiger partial charge in [0.1, 0.15) is 5.82 Å². The molecule has 5 heteroatoms. The minimum Gasteiger partial charge on any atom is -0.370 e. The van der Waals surface area contributed by atoms with E-state index in [-0.39, 0.29) is 5.02 Å². The number of nitrogens with zero attached hydrogens (tertiary/aromatic N) is 2. The lowest BCUT2D eigenvalue weighted by molar-refractivity contribution is 0.277. The van der Waals surface area contributed by atoms with Gasteiger partial charge in [0.15, 0.2) is 5.96 Å². The highest BCUT2D eigenvalue weighted by Gasteiger charge is 2.16. The van der Waals surface area contributed by atoms with E-state index >= 15 is 0 Å². The minimum atomic E-state index is -0.410. The quantitative estimate of drug-likeness (QED) is 0.670. The van der Waals surface area contributed by atoms with Crippen LogP contribution in [0.1, 0.15) is 25.3 Å². The summed E-state index contributed by atoms with van der Waals surface area (Å²) in [6, 6.07) is 4.62. The predicted octanol–water partition coefficient (Wildman–Crippen LogP) is 3.03. The number of halogens is 2. The van der Waals surface area contributed by atoms with E-state index in [1.807, 2.05) is 0 Å². The van der Waals surface area contributed by atoms with Gasteiger partial charge >= 0.3 is 0 Å². The van der Waals surface area contributed by atoms with Gasteiger partial charge in [-0.15, -0.1) is 0 Å². The van der Waals surface area contributed by atoms with Crippen molar-refractivity contribution in [2.24, 2.45) is 16.6 Å². The summed E-state index contributed by atoms with van der Waals surface area (Å²) in [6.45, 7) is 4.60. The van der Waals surface area contributed by atoms with Gasteiger partial charge in [-0.2, -0.15) is 0 Å². The van der Waals surface area contributed by atoms with Crippen LogP contribution in [0, 0.1) is 11.7 Å². The van der Waals surface area contributed by atoms with Gasteiger partial charge in [-0.3, -0.25) is 0 Å². The summed E-state index contributed by atoms with van der Waals surface area (Å²) in [6.07, 6.45) is 2.30. The molecule has 19 heavy (non-hydrogen) atoms. The van der Waals surface area contributed by atoms with E-state index in [9.17, 15) is 4.39 Å². The zero-order chi connectivity index (χ0) is 13.8. The summed E-state index contributed by atoms with van der Waals surface area (Å²) in [5.74, 6) is 0.916. The molecule has 1 saturated heterocycles. The molecule has 0 bridgehead atoms. The first-order chi connectivity index (χ1) is 9.06. The maximum absolute atomic E-state index is 13.0. The largest absolute Gasteiger partial charge is 0.370 e. The van der Waals surface area contributed by atoms with Crippen LogP contribution in [0.15, 0.2) is 23.2 Å². The molecule has 0 atom stereocenters. The number of aliphatic imine (C=N–C) groups is 1. The zero-order valence-corrected chi connectivity index (χ0v) is 11.8. The SMILES string of the molecule is CC1CCN(C(N)=NCc2ccc(F)c(Cl)c2)CC1. The summed E-state index contributed by atoms with van der Waals surface area (Å²) in [7, 11) is 0. The number of benzene rings is 1. The van der Waals surface area contributed by atoms with Gasteiger partial charge in [0.25, 0.3) is 0 Å². The molecule has 0 spiro atoms. The fourth-order valence-electron chi connectivity index (χ4n) is 2.15. The van der Waals surface area contributed by atoms with Crippen molar-refractivity contribution in [3.05, 3.63) is 34.6 Å². The van der Waals surface area contributed by atoms with Crippen molar-refractivity contribution in [3.63, 3.8) is 0 Å². The van der Waals surface area contributed by atoms with E-state index < -0.39 is 5.82 Å². The van der Waals surface area contributed by atoms with Crippen LogP contribution in [-0.2, 0) is 6.54 Å². The molecule has 0 unspecified atom stereocenters. The molecule has 104 valence electrons. The molecule has 0 aromatic heterocycles. The predicted molar refractivity (Wildman–Crippen MR) is 76.7 cm³/mol. The van der Waals surface area contributed by atoms with Crippen LogP contribution in [-0.4, -0.2) is 23.9 Å². The van der Waals surface area contributed by atoms with Gasteiger partial charge in [0.2, 0.25) is 0 Å². The molecular weight excluding hydrogens is 265 g/mol. The normalized spacial score (nSPS) is 17.8. The van der Waals surface area contributed by atoms with Crippen molar-refractivity contribution in [1.82, 2.24) is 4.90 Å². The lowest BCUT2D eigenvalue weighted by Crippen LogP contribution is -2.42. The summed E-state index contributed by atoms with van der Waals surface area (Å²) < 4.78 is 13.0. The fourth-order valence-corrected chi connectivity index (χ4v) is 2.35. The third-order valence-electron chi connectivity index (χ3n) is 3.52. The zero-order valence-electron chi connectivity index (χ0n) is 11.1. The Morgan fingerprint density at radius 3 is 2.79 bits per heavy atom. The number of rotatable bonds is 2. The molecule has 0 saturated carbocycles. The van der Waals surface area contributed by atoms with Crippen molar-refractivity contribution < 1.29 is 4.39 Å². The summed E-state index contributed by atoms with van der Waals surface area (Å²) >= 11 is 5.73. The number of likely N-dealkylation sites (tertiary alicyclic amines) is 1. The Morgan fingerprint density at radius 1 is 1.47 bits per heavy atom. The topological polar surface area (TPSA) is 41.6 Å². The number of hydrogen-bond acceptors (Lipinski definition) is 1. The second kappa shape index (κ2) is 6.24. The maximum atomic E-state index is 13.0. The molecular formula is C14H19ClFN3. The molecule has 0 aliphatic carbocycles. The van der Waals surface area contributed by atoms with Crippen LogP contribution in [0.4, 0.5) is 4.39 Å². The van der Waals surface area contributed by atoms with E-state index in [0.29, 0.717) is 12.5 Å². The lowest BCUT2D eigenvalue weighted by Gasteiger charge is -2.31. The van der Waals surface area contributed by atoms with Crippen molar-refractivity contribution in [3.8, 4) is 0 Å². The molecule has 1 aliphatic heterocycles. The number of nitrogens with two attached hydrogens (primary N) is 1. The van der Waals surface area contributed by atoms with Gasteiger partial charge in [-0.1, -0.05) is 24.6 Å². The molecule has 0 amide bonds. The van der Waals surface area contributed by atoms with Gasteiger partial charge in [0, 0.05) is 13.1 Å². The average Bonchev–Trinajstić information content (AvgIpc) is 2.40. The summed E-state index contributed by atoms with van der Waals surface area (Å²) in [5.41, 5.74) is 6.84. The summed E-state index contributed by atoms with van der Waals surface area (Å²) in [4.78, 5) is 6.46. The molecule has 1 aliphatic rings. The smallest absolute Gasteiger partial charge is 0.191 e. The van der Waals surface area contributed by atoms with Crippen LogP contribution >= 0.6 is 11.6 Å². The number of piperidine rings is 1. The number of guanidine groups is 1. The van der Waals surface area contributed by atoms with Crippen molar-refractivity contribution in [2.75, 3.05) is 13.1 Å². The molecule has 1 fully saturated rings. The van der Waals surface area contributed by atoms with Gasteiger partial charge in [0.05, 0.1) is 11.6 Å². The average molecular weight is 284 g/mol. The summed E-state index contributed by atoms with van der Waals surface area (Å²) in [5, 5.41) is 0.123. The Balaban J connectivity index is 1.95. The molecule has 2 N–H and O–H groups in total. The highest BCUT2D eigenvalue weighted by molar-refractivity contribution is 6.30. The van der Waals surface area contributed by atoms with Crippen molar-refractivity contribution in [1.29, 1.82) is 0 Å². The minimum absolute atomic E-state index is 0.123. The molecule has 0 radical (unpaired) electrons. The Labute approximate surface area is 118 Å². The molecule has 1 heterocycles. The third-order valence-corrected chi connectivity index (χ3v) is 3.80. The molecule has 2 rings (SSSR count). The van der Waals surface area contributed by atoms with E-state index in [2.05, 4.69) is 16.8 Å². The fraction of sp³-hybridized carbons (Fsp3) is 0.500. The Bertz CT molecular complexity index is 468.